The zero-order chi connectivity index (χ0) is 13.3. The van der Waals surface area contributed by atoms with Crippen LogP contribution in [0.4, 0.5) is 0 Å². The zero-order valence-corrected chi connectivity index (χ0v) is 11.1. The molecule has 0 aromatic heterocycles. The van der Waals surface area contributed by atoms with Gasteiger partial charge < -0.3 is 10.2 Å². The summed E-state index contributed by atoms with van der Waals surface area (Å²) in [6.07, 6.45) is 1.90. The fourth-order valence-corrected chi connectivity index (χ4v) is 2.43. The van der Waals surface area contributed by atoms with Crippen LogP contribution < -0.4 is 0 Å². The summed E-state index contributed by atoms with van der Waals surface area (Å²) in [5.41, 5.74) is 3.66. The second-order valence-corrected chi connectivity index (χ2v) is 4.84. The van der Waals surface area contributed by atoms with Gasteiger partial charge in [0.25, 0.3) is 5.95 Å². The van der Waals surface area contributed by atoms with Crippen LogP contribution in [-0.2, 0) is 0 Å². The molecule has 0 spiro atoms. The molecule has 2 rings (SSSR count). The van der Waals surface area contributed by atoms with Crippen molar-refractivity contribution >= 4 is 11.3 Å². The van der Waals surface area contributed by atoms with Crippen LogP contribution in [0.5, 0.6) is 0 Å². The van der Waals surface area contributed by atoms with Crippen molar-refractivity contribution < 1.29 is 14.7 Å². The molecule has 1 aromatic carbocycles. The van der Waals surface area contributed by atoms with E-state index in [2.05, 4.69) is 20.9 Å². The first kappa shape index (κ1) is 12.7. The van der Waals surface area contributed by atoms with Gasteiger partial charge in [0.15, 0.2) is 0 Å². The first-order chi connectivity index (χ1) is 8.53. The minimum absolute atomic E-state index is 0.520. The van der Waals surface area contributed by atoms with Crippen molar-refractivity contribution in [3.05, 3.63) is 47.4 Å². The molecule has 0 fully saturated rings. The predicted molar refractivity (Wildman–Crippen MR) is 73.9 cm³/mol. The Bertz CT molecular complexity index is 521. The molecule has 0 heterocycles. The molecule has 1 aromatic rings. The van der Waals surface area contributed by atoms with Crippen LogP contribution in [0.1, 0.15) is 25.0 Å². The second kappa shape index (κ2) is 4.50. The van der Waals surface area contributed by atoms with E-state index in [4.69, 9.17) is 0 Å². The third-order valence-electron chi connectivity index (χ3n) is 3.99. The Balaban J connectivity index is 2.64. The molecule has 0 atom stereocenters. The first-order valence-corrected chi connectivity index (χ1v) is 6.32. The van der Waals surface area contributed by atoms with Gasteiger partial charge in [-0.3, -0.25) is 4.48 Å². The number of hydrogen-bond donors (Lipinski definition) is 2. The summed E-state index contributed by atoms with van der Waals surface area (Å²) in [6.45, 7) is 6.23. The Kier molecular flexibility index (Phi) is 3.18. The van der Waals surface area contributed by atoms with Crippen molar-refractivity contribution in [3.63, 3.8) is 0 Å². The highest BCUT2D eigenvalue weighted by Gasteiger charge is 2.33. The summed E-state index contributed by atoms with van der Waals surface area (Å²) in [7, 11) is 2.17. The minimum atomic E-state index is -0.601. The predicted octanol–water partition coefficient (Wildman–Crippen LogP) is 3.31. The highest BCUT2D eigenvalue weighted by Crippen LogP contribution is 2.40. The van der Waals surface area contributed by atoms with E-state index in [-0.39, 0.29) is 0 Å². The lowest BCUT2D eigenvalue weighted by atomic mass is 10.1. The average Bonchev–Trinajstić information content (AvgIpc) is 2.78. The van der Waals surface area contributed by atoms with Crippen LogP contribution in [0.25, 0.3) is 11.3 Å². The largest absolute Gasteiger partial charge is 0.481 e. The molecule has 0 aliphatic heterocycles. The standard InChI is InChI=1S/C15H19NO2/c1-4-16(3,5-2)14-10-13(15(17)18)11-8-6-7-9-12(11)14/h6-10H,4-5H2,1-3H3,(H-,17,18)/p+1. The SMILES string of the molecule is CC[N+](C)(CC)C1=CC(=C(O)O)c2ccccc21. The van der Waals surface area contributed by atoms with E-state index in [9.17, 15) is 10.2 Å². The van der Waals surface area contributed by atoms with Gasteiger partial charge in [0, 0.05) is 17.2 Å². The monoisotopic (exact) mass is 246 g/mol. The summed E-state index contributed by atoms with van der Waals surface area (Å²) >= 11 is 0. The summed E-state index contributed by atoms with van der Waals surface area (Å²) in [5, 5.41) is 18.8. The number of aliphatic hydroxyl groups excluding tert-OH is 1. The highest BCUT2D eigenvalue weighted by atomic mass is 16.5. The number of nitrogens with zero attached hydrogens (tertiary/aromatic N) is 1. The molecule has 2 N–H and O–H groups in total. The molecule has 0 radical (unpaired) electrons. The van der Waals surface area contributed by atoms with E-state index in [1.54, 1.807) is 0 Å². The van der Waals surface area contributed by atoms with Crippen LogP contribution in [0.2, 0.25) is 0 Å². The summed E-state index contributed by atoms with van der Waals surface area (Å²) in [6, 6.07) is 7.87. The Morgan fingerprint density at radius 2 is 1.61 bits per heavy atom. The number of quaternary nitrogens is 1. The summed E-state index contributed by atoms with van der Waals surface area (Å²) < 4.78 is 0.786. The lowest BCUT2D eigenvalue weighted by molar-refractivity contribution is -0.835. The van der Waals surface area contributed by atoms with Crippen molar-refractivity contribution in [2.24, 2.45) is 0 Å². The number of fused-ring (bicyclic) bond motifs is 1. The average molecular weight is 246 g/mol. The van der Waals surface area contributed by atoms with E-state index in [0.29, 0.717) is 5.57 Å². The molecule has 3 heteroatoms. The normalized spacial score (nSPS) is 14.4. The van der Waals surface area contributed by atoms with Crippen molar-refractivity contribution in [1.82, 2.24) is 0 Å². The molecular weight excluding hydrogens is 226 g/mol. The maximum absolute atomic E-state index is 9.41. The van der Waals surface area contributed by atoms with Gasteiger partial charge in [0.05, 0.1) is 25.7 Å². The van der Waals surface area contributed by atoms with Crippen LogP contribution in [0.15, 0.2) is 36.3 Å². The van der Waals surface area contributed by atoms with Crippen LogP contribution >= 0.6 is 0 Å². The minimum Gasteiger partial charge on any atom is -0.481 e. The van der Waals surface area contributed by atoms with E-state index >= 15 is 0 Å². The van der Waals surface area contributed by atoms with Crippen LogP contribution in [-0.4, -0.2) is 34.8 Å². The first-order valence-electron chi connectivity index (χ1n) is 6.32. The Hall–Kier alpha value is -1.74. The van der Waals surface area contributed by atoms with Gasteiger partial charge in [-0.25, -0.2) is 0 Å². The van der Waals surface area contributed by atoms with Gasteiger partial charge in [0.1, 0.15) is 5.70 Å². The molecule has 1 aliphatic rings. The molecule has 1 aliphatic carbocycles. The number of aliphatic hydroxyl groups is 2. The van der Waals surface area contributed by atoms with Crippen molar-refractivity contribution in [2.45, 2.75) is 13.8 Å². The number of hydrogen-bond acceptors (Lipinski definition) is 2. The van der Waals surface area contributed by atoms with E-state index in [1.807, 2.05) is 30.3 Å². The number of allylic oxidation sites excluding steroid dienone is 2. The second-order valence-electron chi connectivity index (χ2n) is 4.84. The van der Waals surface area contributed by atoms with E-state index < -0.39 is 5.95 Å². The van der Waals surface area contributed by atoms with Gasteiger partial charge in [0.2, 0.25) is 0 Å². The lowest BCUT2D eigenvalue weighted by Crippen LogP contribution is -2.41. The molecule has 96 valence electrons. The number of benzene rings is 1. The van der Waals surface area contributed by atoms with Crippen LogP contribution in [0, 0.1) is 0 Å². The molecule has 0 saturated carbocycles. The zero-order valence-electron chi connectivity index (χ0n) is 11.1. The van der Waals surface area contributed by atoms with E-state index in [1.165, 1.54) is 0 Å². The Morgan fingerprint density at radius 3 is 2.11 bits per heavy atom. The molecule has 0 unspecified atom stereocenters. The smallest absolute Gasteiger partial charge is 0.282 e. The van der Waals surface area contributed by atoms with Gasteiger partial charge in [-0.1, -0.05) is 18.2 Å². The van der Waals surface area contributed by atoms with E-state index in [0.717, 1.165) is 34.4 Å². The quantitative estimate of drug-likeness (QED) is 0.634. The maximum atomic E-state index is 9.41. The van der Waals surface area contributed by atoms with Gasteiger partial charge in [-0.2, -0.15) is 0 Å². The third kappa shape index (κ3) is 1.81. The molecular formula is C15H20NO2+. The Labute approximate surface area is 108 Å². The topological polar surface area (TPSA) is 40.5 Å². The summed E-state index contributed by atoms with van der Waals surface area (Å²) in [4.78, 5) is 0. The lowest BCUT2D eigenvalue weighted by Gasteiger charge is -2.33. The fraction of sp³-hybridized carbons (Fsp3) is 0.333. The summed E-state index contributed by atoms with van der Waals surface area (Å²) in [5.74, 6) is -0.601. The van der Waals surface area contributed by atoms with Crippen LogP contribution in [0.3, 0.4) is 0 Å². The highest BCUT2D eigenvalue weighted by molar-refractivity contribution is 5.93. The number of rotatable bonds is 3. The van der Waals surface area contributed by atoms with Gasteiger partial charge in [-0.05, 0) is 19.9 Å². The molecule has 3 nitrogen and oxygen atoms in total. The molecule has 18 heavy (non-hydrogen) atoms. The maximum Gasteiger partial charge on any atom is 0.282 e. The van der Waals surface area contributed by atoms with Crippen molar-refractivity contribution in [1.29, 1.82) is 0 Å². The molecule has 0 saturated heterocycles. The van der Waals surface area contributed by atoms with Gasteiger partial charge >= 0.3 is 0 Å². The fourth-order valence-electron chi connectivity index (χ4n) is 2.43. The van der Waals surface area contributed by atoms with Crippen molar-refractivity contribution in [3.8, 4) is 0 Å². The molecule has 0 amide bonds. The van der Waals surface area contributed by atoms with Gasteiger partial charge in [-0.15, -0.1) is 0 Å². The third-order valence-corrected chi connectivity index (χ3v) is 3.99. The molecule has 0 bridgehead atoms. The van der Waals surface area contributed by atoms with Crippen molar-refractivity contribution in [2.75, 3.05) is 20.1 Å². The Morgan fingerprint density at radius 1 is 1.06 bits per heavy atom.